The van der Waals surface area contributed by atoms with E-state index in [1.807, 2.05) is 7.05 Å². The summed E-state index contributed by atoms with van der Waals surface area (Å²) in [6, 6.07) is 0. The van der Waals surface area contributed by atoms with Crippen molar-refractivity contribution in [1.29, 1.82) is 0 Å². The topological polar surface area (TPSA) is 49.4 Å². The molecule has 0 aliphatic rings. The van der Waals surface area contributed by atoms with Gasteiger partial charge in [0, 0.05) is 13.6 Å². The van der Waals surface area contributed by atoms with Crippen LogP contribution in [0.3, 0.4) is 0 Å². The van der Waals surface area contributed by atoms with E-state index in [0.717, 1.165) is 13.0 Å². The zero-order valence-corrected chi connectivity index (χ0v) is 10.6. The molecular formula is C9H22N2O2S. The molecule has 86 valence electrons. The van der Waals surface area contributed by atoms with Crippen LogP contribution in [0, 0.1) is 0 Å². The maximum Gasteiger partial charge on any atom is 0.218 e. The highest BCUT2D eigenvalue weighted by Gasteiger charge is 2.32. The van der Waals surface area contributed by atoms with Crippen molar-refractivity contribution in [2.45, 2.75) is 31.9 Å². The lowest BCUT2D eigenvalue weighted by Crippen LogP contribution is -2.41. The second-order valence-corrected chi connectivity index (χ2v) is 7.19. The molecule has 0 rings (SSSR count). The summed E-state index contributed by atoms with van der Waals surface area (Å²) in [7, 11) is 0.343. The monoisotopic (exact) mass is 222 g/mol. The summed E-state index contributed by atoms with van der Waals surface area (Å²) in [4.78, 5) is 0. The van der Waals surface area contributed by atoms with Crippen LogP contribution in [0.25, 0.3) is 0 Å². The van der Waals surface area contributed by atoms with Gasteiger partial charge in [-0.25, -0.2) is 12.7 Å². The van der Waals surface area contributed by atoms with E-state index in [2.05, 4.69) is 5.32 Å². The minimum Gasteiger partial charge on any atom is -0.320 e. The molecule has 5 heteroatoms. The lowest BCUT2D eigenvalue weighted by atomic mass is 10.3. The molecular weight excluding hydrogens is 200 g/mol. The molecule has 0 aliphatic heterocycles. The Morgan fingerprint density at radius 2 is 1.79 bits per heavy atom. The van der Waals surface area contributed by atoms with Crippen LogP contribution in [0.1, 0.15) is 27.2 Å². The Hall–Kier alpha value is -0.130. The standard InChI is InChI=1S/C9H22N2O2S/c1-9(2,3)14(12,13)11(5)8-6-7-10-4/h10H,6-8H2,1-5H3. The average Bonchev–Trinajstić information content (AvgIpc) is 2.02. The van der Waals surface area contributed by atoms with Crippen molar-refractivity contribution in [3.8, 4) is 0 Å². The van der Waals surface area contributed by atoms with E-state index in [-0.39, 0.29) is 0 Å². The van der Waals surface area contributed by atoms with Crippen molar-refractivity contribution in [3.05, 3.63) is 0 Å². The molecule has 14 heavy (non-hydrogen) atoms. The van der Waals surface area contributed by atoms with E-state index in [1.165, 1.54) is 4.31 Å². The highest BCUT2D eigenvalue weighted by atomic mass is 32.2. The Morgan fingerprint density at radius 1 is 1.29 bits per heavy atom. The molecule has 0 fully saturated rings. The summed E-state index contributed by atoms with van der Waals surface area (Å²) < 4.78 is 24.4. The van der Waals surface area contributed by atoms with E-state index in [1.54, 1.807) is 27.8 Å². The van der Waals surface area contributed by atoms with Crippen LogP contribution in [-0.2, 0) is 10.0 Å². The van der Waals surface area contributed by atoms with Crippen LogP contribution in [0.2, 0.25) is 0 Å². The zero-order chi connectivity index (χ0) is 11.4. The number of hydrogen-bond acceptors (Lipinski definition) is 3. The largest absolute Gasteiger partial charge is 0.320 e. The smallest absolute Gasteiger partial charge is 0.218 e. The fourth-order valence-electron chi connectivity index (χ4n) is 1.07. The van der Waals surface area contributed by atoms with Gasteiger partial charge in [-0.3, -0.25) is 0 Å². The Morgan fingerprint density at radius 3 is 2.14 bits per heavy atom. The summed E-state index contributed by atoms with van der Waals surface area (Å²) in [6.07, 6.45) is 0.836. The van der Waals surface area contributed by atoms with Crippen LogP contribution in [0.4, 0.5) is 0 Å². The van der Waals surface area contributed by atoms with Gasteiger partial charge in [0.1, 0.15) is 0 Å². The van der Waals surface area contributed by atoms with Gasteiger partial charge in [0.15, 0.2) is 0 Å². The normalized spacial score (nSPS) is 13.6. The van der Waals surface area contributed by atoms with Gasteiger partial charge in [-0.1, -0.05) is 0 Å². The first kappa shape index (κ1) is 13.9. The highest BCUT2D eigenvalue weighted by molar-refractivity contribution is 7.90. The van der Waals surface area contributed by atoms with Crippen molar-refractivity contribution in [1.82, 2.24) is 9.62 Å². The first-order chi connectivity index (χ1) is 6.23. The third-order valence-electron chi connectivity index (χ3n) is 2.08. The first-order valence-corrected chi connectivity index (χ1v) is 6.28. The summed E-state index contributed by atoms with van der Waals surface area (Å²) in [5.41, 5.74) is 0. The van der Waals surface area contributed by atoms with Gasteiger partial charge in [0.2, 0.25) is 10.0 Å². The SMILES string of the molecule is CNCCCN(C)S(=O)(=O)C(C)(C)C. The predicted octanol–water partition coefficient (Wildman–Crippen LogP) is 0.656. The molecule has 4 nitrogen and oxygen atoms in total. The van der Waals surface area contributed by atoms with Crippen LogP contribution >= 0.6 is 0 Å². The zero-order valence-electron chi connectivity index (χ0n) is 9.79. The lowest BCUT2D eigenvalue weighted by Gasteiger charge is -2.26. The predicted molar refractivity (Wildman–Crippen MR) is 59.8 cm³/mol. The van der Waals surface area contributed by atoms with E-state index in [0.29, 0.717) is 6.54 Å². The van der Waals surface area contributed by atoms with E-state index < -0.39 is 14.8 Å². The molecule has 0 unspecified atom stereocenters. The fourth-order valence-corrected chi connectivity index (χ4v) is 2.37. The van der Waals surface area contributed by atoms with Gasteiger partial charge in [0.25, 0.3) is 0 Å². The Labute approximate surface area is 87.7 Å². The molecule has 0 spiro atoms. The molecule has 0 heterocycles. The average molecular weight is 222 g/mol. The van der Waals surface area contributed by atoms with Gasteiger partial charge < -0.3 is 5.32 Å². The third-order valence-corrected chi connectivity index (χ3v) is 4.63. The third kappa shape index (κ3) is 3.55. The first-order valence-electron chi connectivity index (χ1n) is 4.84. The summed E-state index contributed by atoms with van der Waals surface area (Å²) in [6.45, 7) is 6.56. The highest BCUT2D eigenvalue weighted by Crippen LogP contribution is 2.18. The molecule has 0 aromatic carbocycles. The van der Waals surface area contributed by atoms with Crippen molar-refractivity contribution < 1.29 is 8.42 Å². The fraction of sp³-hybridized carbons (Fsp3) is 1.00. The Kier molecular flexibility index (Phi) is 5.05. The Balaban J connectivity index is 4.31. The molecule has 0 aliphatic carbocycles. The van der Waals surface area contributed by atoms with Crippen LogP contribution in [0.15, 0.2) is 0 Å². The molecule has 0 radical (unpaired) electrons. The second-order valence-electron chi connectivity index (χ2n) is 4.40. The van der Waals surface area contributed by atoms with Gasteiger partial charge in [-0.2, -0.15) is 0 Å². The van der Waals surface area contributed by atoms with Crippen LogP contribution in [0.5, 0.6) is 0 Å². The van der Waals surface area contributed by atoms with E-state index in [9.17, 15) is 8.42 Å². The number of nitrogens with one attached hydrogen (secondary N) is 1. The van der Waals surface area contributed by atoms with Crippen molar-refractivity contribution in [2.75, 3.05) is 27.2 Å². The summed E-state index contributed by atoms with van der Waals surface area (Å²) in [5, 5.41) is 2.99. The minimum absolute atomic E-state index is 0.570. The van der Waals surface area contributed by atoms with E-state index in [4.69, 9.17) is 0 Å². The summed E-state index contributed by atoms with van der Waals surface area (Å²) >= 11 is 0. The van der Waals surface area contributed by atoms with Gasteiger partial charge in [0.05, 0.1) is 4.75 Å². The maximum absolute atomic E-state index is 11.9. The molecule has 0 aromatic heterocycles. The molecule has 0 atom stereocenters. The van der Waals surface area contributed by atoms with Gasteiger partial charge in [-0.15, -0.1) is 0 Å². The molecule has 0 bridgehead atoms. The van der Waals surface area contributed by atoms with Gasteiger partial charge in [-0.05, 0) is 40.8 Å². The van der Waals surface area contributed by atoms with Crippen LogP contribution < -0.4 is 5.32 Å². The second kappa shape index (κ2) is 5.09. The quantitative estimate of drug-likeness (QED) is 0.695. The summed E-state index contributed by atoms with van der Waals surface area (Å²) in [5.74, 6) is 0. The molecule has 0 saturated heterocycles. The molecule has 0 amide bonds. The minimum atomic E-state index is -3.15. The molecule has 0 aromatic rings. The van der Waals surface area contributed by atoms with Crippen molar-refractivity contribution in [3.63, 3.8) is 0 Å². The number of hydrogen-bond donors (Lipinski definition) is 1. The Bertz CT molecular complexity index is 254. The number of sulfonamides is 1. The van der Waals surface area contributed by atoms with E-state index >= 15 is 0 Å². The maximum atomic E-state index is 11.9. The molecule has 0 saturated carbocycles. The van der Waals surface area contributed by atoms with Crippen LogP contribution in [-0.4, -0.2) is 44.7 Å². The number of nitrogens with zero attached hydrogens (tertiary/aromatic N) is 1. The lowest BCUT2D eigenvalue weighted by molar-refractivity contribution is 0.436. The molecule has 1 N–H and O–H groups in total. The van der Waals surface area contributed by atoms with Gasteiger partial charge >= 0.3 is 0 Å². The van der Waals surface area contributed by atoms with Crippen molar-refractivity contribution >= 4 is 10.0 Å². The van der Waals surface area contributed by atoms with Crippen molar-refractivity contribution in [2.24, 2.45) is 0 Å². The number of rotatable bonds is 5.